The first-order valence-corrected chi connectivity index (χ1v) is 7.42. The molecule has 0 radical (unpaired) electrons. The molecule has 1 atom stereocenters. The average Bonchev–Trinajstić information content (AvgIpc) is 3.33. The summed E-state index contributed by atoms with van der Waals surface area (Å²) in [6.45, 7) is 4.16. The summed E-state index contributed by atoms with van der Waals surface area (Å²) in [4.78, 5) is 16.4. The zero-order chi connectivity index (χ0) is 14.8. The maximum absolute atomic E-state index is 12.2. The van der Waals surface area contributed by atoms with Gasteiger partial charge in [-0.15, -0.1) is 0 Å². The average molecular weight is 280 g/mol. The van der Waals surface area contributed by atoms with Gasteiger partial charge in [-0.05, 0) is 49.4 Å². The molecule has 1 fully saturated rings. The van der Waals surface area contributed by atoms with Crippen molar-refractivity contribution in [2.75, 3.05) is 0 Å². The Morgan fingerprint density at radius 1 is 1.29 bits per heavy atom. The second-order valence-electron chi connectivity index (χ2n) is 5.86. The number of carbonyl (C=O) groups is 1. The van der Waals surface area contributed by atoms with Crippen molar-refractivity contribution in [3.05, 3.63) is 65.0 Å². The molecule has 1 aliphatic carbocycles. The van der Waals surface area contributed by atoms with Crippen LogP contribution < -0.4 is 5.32 Å². The van der Waals surface area contributed by atoms with Gasteiger partial charge >= 0.3 is 0 Å². The molecule has 1 N–H and O–H groups in total. The van der Waals surface area contributed by atoms with Crippen molar-refractivity contribution < 1.29 is 4.79 Å². The van der Waals surface area contributed by atoms with Gasteiger partial charge in [0.15, 0.2) is 0 Å². The maximum atomic E-state index is 12.2. The monoisotopic (exact) mass is 280 g/mol. The lowest BCUT2D eigenvalue weighted by atomic mass is 9.94. The second kappa shape index (κ2) is 5.68. The highest BCUT2D eigenvalue weighted by Gasteiger charge is 2.32. The number of nitrogens with one attached hydrogen (secondary N) is 1. The van der Waals surface area contributed by atoms with Gasteiger partial charge in [-0.25, -0.2) is 0 Å². The molecule has 0 aliphatic heterocycles. The van der Waals surface area contributed by atoms with Crippen LogP contribution in [0, 0.1) is 19.8 Å². The molecule has 3 nitrogen and oxygen atoms in total. The van der Waals surface area contributed by atoms with Crippen LogP contribution in [0.25, 0.3) is 0 Å². The minimum atomic E-state index is -0.119. The number of nitrogens with zero attached hydrogens (tertiary/aromatic N) is 1. The minimum absolute atomic E-state index is 0.119. The van der Waals surface area contributed by atoms with Gasteiger partial charge in [-0.2, -0.15) is 0 Å². The van der Waals surface area contributed by atoms with Crippen molar-refractivity contribution >= 4 is 5.91 Å². The third-order valence-corrected chi connectivity index (χ3v) is 4.00. The summed E-state index contributed by atoms with van der Waals surface area (Å²) in [5.74, 6) is 0.360. The van der Waals surface area contributed by atoms with Gasteiger partial charge in [0.2, 0.25) is 5.91 Å². The van der Waals surface area contributed by atoms with Gasteiger partial charge in [0.25, 0.3) is 0 Å². The molecule has 0 bridgehead atoms. The lowest BCUT2D eigenvalue weighted by molar-refractivity contribution is -0.122. The molecular weight excluding hydrogens is 260 g/mol. The van der Waals surface area contributed by atoms with Crippen LogP contribution in [0.15, 0.2) is 42.7 Å². The predicted molar refractivity (Wildman–Crippen MR) is 82.9 cm³/mol. The zero-order valence-corrected chi connectivity index (χ0v) is 12.5. The molecule has 1 saturated carbocycles. The van der Waals surface area contributed by atoms with Crippen LogP contribution >= 0.6 is 0 Å². The molecule has 1 aliphatic rings. The summed E-state index contributed by atoms with van der Waals surface area (Å²) in [5.41, 5.74) is 4.56. The van der Waals surface area contributed by atoms with E-state index in [1.165, 1.54) is 11.1 Å². The highest BCUT2D eigenvalue weighted by atomic mass is 16.2. The normalized spacial score (nSPS) is 15.5. The van der Waals surface area contributed by atoms with Crippen molar-refractivity contribution in [1.82, 2.24) is 10.3 Å². The Balaban J connectivity index is 1.98. The Bertz CT molecular complexity index is 648. The molecule has 1 aromatic heterocycles. The quantitative estimate of drug-likeness (QED) is 0.933. The van der Waals surface area contributed by atoms with Crippen LogP contribution in [0.5, 0.6) is 0 Å². The first kappa shape index (κ1) is 13.8. The summed E-state index contributed by atoms with van der Waals surface area (Å²) >= 11 is 0. The van der Waals surface area contributed by atoms with E-state index in [2.05, 4.69) is 42.3 Å². The molecule has 1 aromatic carbocycles. The molecule has 21 heavy (non-hydrogen) atoms. The highest BCUT2D eigenvalue weighted by molar-refractivity contribution is 5.81. The molecule has 108 valence electrons. The Morgan fingerprint density at radius 3 is 2.76 bits per heavy atom. The van der Waals surface area contributed by atoms with Gasteiger partial charge < -0.3 is 5.32 Å². The summed E-state index contributed by atoms with van der Waals surface area (Å²) in [7, 11) is 0. The largest absolute Gasteiger partial charge is 0.345 e. The molecule has 2 aromatic rings. The number of aryl methyl sites for hydroxylation is 2. The van der Waals surface area contributed by atoms with Gasteiger partial charge in [-0.3, -0.25) is 9.78 Å². The number of rotatable bonds is 4. The van der Waals surface area contributed by atoms with Gasteiger partial charge in [0, 0.05) is 18.3 Å². The van der Waals surface area contributed by atoms with E-state index in [1.807, 2.05) is 18.3 Å². The molecule has 0 saturated heterocycles. The molecule has 1 heterocycles. The number of amides is 1. The SMILES string of the molecule is Cc1ccc(C)c([C@H](NC(=O)C2CC2)c2cccnc2)c1. The highest BCUT2D eigenvalue weighted by Crippen LogP contribution is 2.32. The Morgan fingerprint density at radius 2 is 2.10 bits per heavy atom. The van der Waals surface area contributed by atoms with Crippen molar-refractivity contribution in [3.8, 4) is 0 Å². The summed E-state index contributed by atoms with van der Waals surface area (Å²) < 4.78 is 0. The lowest BCUT2D eigenvalue weighted by Gasteiger charge is -2.22. The van der Waals surface area contributed by atoms with Crippen molar-refractivity contribution in [1.29, 1.82) is 0 Å². The Labute approximate surface area is 125 Å². The van der Waals surface area contributed by atoms with Gasteiger partial charge in [0.05, 0.1) is 6.04 Å². The lowest BCUT2D eigenvalue weighted by Crippen LogP contribution is -2.31. The van der Waals surface area contributed by atoms with E-state index in [9.17, 15) is 4.79 Å². The molecule has 0 spiro atoms. The third-order valence-electron chi connectivity index (χ3n) is 4.00. The second-order valence-corrected chi connectivity index (χ2v) is 5.86. The first-order chi connectivity index (χ1) is 10.1. The van der Waals surface area contributed by atoms with E-state index in [0.717, 1.165) is 24.0 Å². The zero-order valence-electron chi connectivity index (χ0n) is 12.5. The summed E-state index contributed by atoms with van der Waals surface area (Å²) in [5, 5.41) is 3.20. The van der Waals surface area contributed by atoms with E-state index in [4.69, 9.17) is 0 Å². The van der Waals surface area contributed by atoms with Gasteiger partial charge in [-0.1, -0.05) is 29.8 Å². The van der Waals surface area contributed by atoms with Crippen LogP contribution in [-0.4, -0.2) is 10.9 Å². The van der Waals surface area contributed by atoms with E-state index < -0.39 is 0 Å². The number of hydrogen-bond acceptors (Lipinski definition) is 2. The standard InChI is InChI=1S/C18H20N2O/c1-12-5-6-13(2)16(10-12)17(15-4-3-9-19-11-15)20-18(21)14-7-8-14/h3-6,9-11,14,17H,7-8H2,1-2H3,(H,20,21)/t17-/m1/s1. The van der Waals surface area contributed by atoms with Gasteiger partial charge in [0.1, 0.15) is 0 Å². The summed E-state index contributed by atoms with van der Waals surface area (Å²) in [6, 6.07) is 10.2. The van der Waals surface area contributed by atoms with Crippen LogP contribution in [0.4, 0.5) is 0 Å². The number of carbonyl (C=O) groups excluding carboxylic acids is 1. The third kappa shape index (κ3) is 3.13. The number of pyridine rings is 1. The molecular formula is C18H20N2O. The fourth-order valence-electron chi connectivity index (χ4n) is 2.56. The van der Waals surface area contributed by atoms with Crippen molar-refractivity contribution in [2.45, 2.75) is 32.7 Å². The number of aromatic nitrogens is 1. The van der Waals surface area contributed by atoms with E-state index in [-0.39, 0.29) is 17.9 Å². The Kier molecular flexibility index (Phi) is 3.74. The molecule has 3 rings (SSSR count). The van der Waals surface area contributed by atoms with E-state index in [1.54, 1.807) is 6.20 Å². The first-order valence-electron chi connectivity index (χ1n) is 7.42. The fourth-order valence-corrected chi connectivity index (χ4v) is 2.56. The minimum Gasteiger partial charge on any atom is -0.345 e. The number of hydrogen-bond donors (Lipinski definition) is 1. The Hall–Kier alpha value is -2.16. The van der Waals surface area contributed by atoms with Crippen molar-refractivity contribution in [3.63, 3.8) is 0 Å². The van der Waals surface area contributed by atoms with E-state index >= 15 is 0 Å². The molecule has 3 heteroatoms. The van der Waals surface area contributed by atoms with Crippen LogP contribution in [0.2, 0.25) is 0 Å². The topological polar surface area (TPSA) is 42.0 Å². The predicted octanol–water partition coefficient (Wildman–Crippen LogP) is 3.31. The fraction of sp³-hybridized carbons (Fsp3) is 0.333. The van der Waals surface area contributed by atoms with Crippen LogP contribution in [-0.2, 0) is 4.79 Å². The number of benzene rings is 1. The smallest absolute Gasteiger partial charge is 0.223 e. The van der Waals surface area contributed by atoms with Crippen LogP contribution in [0.3, 0.4) is 0 Å². The van der Waals surface area contributed by atoms with E-state index in [0.29, 0.717) is 0 Å². The molecule has 1 amide bonds. The summed E-state index contributed by atoms with van der Waals surface area (Å²) in [6.07, 6.45) is 5.61. The van der Waals surface area contributed by atoms with Crippen LogP contribution in [0.1, 0.15) is 41.1 Å². The maximum Gasteiger partial charge on any atom is 0.223 e. The van der Waals surface area contributed by atoms with Crippen molar-refractivity contribution in [2.24, 2.45) is 5.92 Å². The molecule has 0 unspecified atom stereocenters.